The lowest BCUT2D eigenvalue weighted by atomic mass is 10.1. The van der Waals surface area contributed by atoms with Gasteiger partial charge in [0.2, 0.25) is 0 Å². The number of amides is 2. The molecule has 11 heteroatoms. The van der Waals surface area contributed by atoms with Gasteiger partial charge < -0.3 is 19.5 Å². The number of alkyl halides is 6. The van der Waals surface area contributed by atoms with Crippen molar-refractivity contribution in [2.24, 2.45) is 7.05 Å². The molecule has 5 nitrogen and oxygen atoms in total. The molecule has 0 aliphatic heterocycles. The summed E-state index contributed by atoms with van der Waals surface area (Å²) < 4.78 is 84.9. The lowest BCUT2D eigenvalue weighted by molar-refractivity contribution is -0.143. The molecule has 0 aliphatic rings. The zero-order valence-electron chi connectivity index (χ0n) is 16.3. The zero-order chi connectivity index (χ0) is 22.5. The smallest absolute Gasteiger partial charge is 0.385 e. The second kappa shape index (κ2) is 9.41. The molecule has 1 heterocycles. The average molecular weight is 437 g/mol. The van der Waals surface area contributed by atoms with Crippen LogP contribution >= 0.6 is 0 Å². The monoisotopic (exact) mass is 437 g/mol. The maximum atomic E-state index is 13.0. The van der Waals surface area contributed by atoms with Crippen molar-refractivity contribution in [1.29, 1.82) is 0 Å². The molecule has 0 bridgehead atoms. The predicted molar refractivity (Wildman–Crippen MR) is 97.8 cm³/mol. The summed E-state index contributed by atoms with van der Waals surface area (Å²) >= 11 is 0. The van der Waals surface area contributed by atoms with Crippen LogP contribution in [-0.2, 0) is 30.7 Å². The summed E-state index contributed by atoms with van der Waals surface area (Å²) in [7, 11) is 3.23. The molecule has 0 atom stereocenters. The number of nitrogens with zero attached hydrogens (tertiary/aromatic N) is 2. The summed E-state index contributed by atoms with van der Waals surface area (Å²) in [5.74, 6) is 0. The topological polar surface area (TPSA) is 46.5 Å². The third kappa shape index (κ3) is 6.41. The van der Waals surface area contributed by atoms with Crippen LogP contribution in [0.4, 0.5) is 36.8 Å². The third-order valence-electron chi connectivity index (χ3n) is 4.31. The highest BCUT2D eigenvalue weighted by molar-refractivity contribution is 5.89. The van der Waals surface area contributed by atoms with Crippen LogP contribution in [0.25, 0.3) is 0 Å². The van der Waals surface area contributed by atoms with Gasteiger partial charge in [0.05, 0.1) is 17.7 Å². The fourth-order valence-corrected chi connectivity index (χ4v) is 2.74. The van der Waals surface area contributed by atoms with Crippen molar-refractivity contribution in [3.63, 3.8) is 0 Å². The number of halogens is 6. The predicted octanol–water partition coefficient (Wildman–Crippen LogP) is 5.13. The Kier molecular flexibility index (Phi) is 7.40. The highest BCUT2D eigenvalue weighted by atomic mass is 19.4. The van der Waals surface area contributed by atoms with Crippen LogP contribution in [0.3, 0.4) is 0 Å². The van der Waals surface area contributed by atoms with Crippen molar-refractivity contribution in [2.75, 3.05) is 25.6 Å². The van der Waals surface area contributed by atoms with Crippen LogP contribution < -0.4 is 5.32 Å². The number of carbonyl (C=O) groups is 1. The Labute approximate surface area is 169 Å². The maximum Gasteiger partial charge on any atom is 0.416 e. The van der Waals surface area contributed by atoms with E-state index in [1.807, 2.05) is 0 Å². The molecule has 2 rings (SSSR count). The van der Waals surface area contributed by atoms with E-state index in [0.29, 0.717) is 25.2 Å². The minimum absolute atomic E-state index is 0.00990. The van der Waals surface area contributed by atoms with E-state index in [0.717, 1.165) is 5.69 Å². The average Bonchev–Trinajstić information content (AvgIpc) is 3.04. The Morgan fingerprint density at radius 1 is 1.10 bits per heavy atom. The minimum atomic E-state index is -5.00. The van der Waals surface area contributed by atoms with E-state index in [2.05, 4.69) is 5.32 Å². The van der Waals surface area contributed by atoms with Gasteiger partial charge in [0, 0.05) is 44.9 Å². The van der Waals surface area contributed by atoms with Crippen molar-refractivity contribution < 1.29 is 35.9 Å². The number of nitrogens with one attached hydrogen (secondary N) is 1. The lowest BCUT2D eigenvalue weighted by Gasteiger charge is -2.24. The second-order valence-corrected chi connectivity index (χ2v) is 6.60. The van der Waals surface area contributed by atoms with Gasteiger partial charge in [-0.05, 0) is 36.8 Å². The number of hydrogen-bond donors (Lipinski definition) is 1. The first-order chi connectivity index (χ1) is 13.9. The van der Waals surface area contributed by atoms with Gasteiger partial charge in [-0.15, -0.1) is 0 Å². The van der Waals surface area contributed by atoms with Crippen molar-refractivity contribution in [2.45, 2.75) is 25.3 Å². The third-order valence-corrected chi connectivity index (χ3v) is 4.31. The SMILES string of the molecule is COCCCN(Cc1cccn1C)C(=O)Nc1cc(C(F)(F)F)cc(C(F)(F)F)c1. The van der Waals surface area contributed by atoms with Gasteiger partial charge in [-0.3, -0.25) is 0 Å². The van der Waals surface area contributed by atoms with Gasteiger partial charge in [-0.1, -0.05) is 0 Å². The molecule has 0 fully saturated rings. The summed E-state index contributed by atoms with van der Waals surface area (Å²) in [5.41, 5.74) is -2.85. The fourth-order valence-electron chi connectivity index (χ4n) is 2.74. The number of methoxy groups -OCH3 is 1. The summed E-state index contributed by atoms with van der Waals surface area (Å²) in [6.07, 6.45) is -7.81. The van der Waals surface area contributed by atoms with Crippen LogP contribution in [-0.4, -0.2) is 35.8 Å². The molecule has 0 unspecified atom stereocenters. The molecular weight excluding hydrogens is 416 g/mol. The number of aryl methyl sites for hydroxylation is 1. The molecule has 166 valence electrons. The van der Waals surface area contributed by atoms with Gasteiger partial charge in [-0.2, -0.15) is 26.3 Å². The number of aromatic nitrogens is 1. The van der Waals surface area contributed by atoms with Gasteiger partial charge in [0.15, 0.2) is 0 Å². The van der Waals surface area contributed by atoms with Crippen LogP contribution in [0.15, 0.2) is 36.5 Å². The summed E-state index contributed by atoms with van der Waals surface area (Å²) in [5, 5.41) is 2.16. The molecular formula is C19H21F6N3O2. The molecule has 1 N–H and O–H groups in total. The second-order valence-electron chi connectivity index (χ2n) is 6.60. The zero-order valence-corrected chi connectivity index (χ0v) is 16.3. The minimum Gasteiger partial charge on any atom is -0.385 e. The first kappa shape index (κ1) is 23.6. The molecule has 2 aromatic rings. The Bertz CT molecular complexity index is 828. The van der Waals surface area contributed by atoms with Gasteiger partial charge >= 0.3 is 18.4 Å². The van der Waals surface area contributed by atoms with E-state index in [-0.39, 0.29) is 19.2 Å². The number of anilines is 1. The molecule has 30 heavy (non-hydrogen) atoms. The van der Waals surface area contributed by atoms with Crippen LogP contribution in [0.5, 0.6) is 0 Å². The largest absolute Gasteiger partial charge is 0.416 e. The Balaban J connectivity index is 2.29. The molecule has 0 radical (unpaired) electrons. The molecule has 0 saturated heterocycles. The van der Waals surface area contributed by atoms with E-state index >= 15 is 0 Å². The number of benzene rings is 1. The molecule has 2 amide bonds. The van der Waals surface area contributed by atoms with Crippen molar-refractivity contribution in [3.8, 4) is 0 Å². The van der Waals surface area contributed by atoms with Crippen molar-refractivity contribution in [1.82, 2.24) is 9.47 Å². The lowest BCUT2D eigenvalue weighted by Crippen LogP contribution is -2.36. The van der Waals surface area contributed by atoms with Crippen molar-refractivity contribution >= 4 is 11.7 Å². The van der Waals surface area contributed by atoms with Gasteiger partial charge in [0.25, 0.3) is 0 Å². The normalized spacial score (nSPS) is 12.1. The quantitative estimate of drug-likeness (QED) is 0.482. The molecule has 0 spiro atoms. The van der Waals surface area contributed by atoms with Crippen molar-refractivity contribution in [3.05, 3.63) is 53.3 Å². The molecule has 0 aliphatic carbocycles. The van der Waals surface area contributed by atoms with E-state index in [4.69, 9.17) is 4.74 Å². The van der Waals surface area contributed by atoms with Crippen LogP contribution in [0.2, 0.25) is 0 Å². The van der Waals surface area contributed by atoms with Crippen LogP contribution in [0, 0.1) is 0 Å². The Morgan fingerprint density at radius 3 is 2.17 bits per heavy atom. The van der Waals surface area contributed by atoms with Gasteiger partial charge in [0.1, 0.15) is 0 Å². The number of urea groups is 1. The van der Waals surface area contributed by atoms with E-state index < -0.39 is 35.2 Å². The fraction of sp³-hybridized carbons (Fsp3) is 0.421. The highest BCUT2D eigenvalue weighted by Crippen LogP contribution is 2.37. The maximum absolute atomic E-state index is 13.0. The number of rotatable bonds is 7. The van der Waals surface area contributed by atoms with E-state index in [1.165, 1.54) is 12.0 Å². The van der Waals surface area contributed by atoms with E-state index in [9.17, 15) is 31.1 Å². The summed E-state index contributed by atoms with van der Waals surface area (Å²) in [4.78, 5) is 14.0. The first-order valence-electron chi connectivity index (χ1n) is 8.86. The Hall–Kier alpha value is -2.69. The number of hydrogen-bond acceptors (Lipinski definition) is 2. The number of carbonyl (C=O) groups excluding carboxylic acids is 1. The van der Waals surface area contributed by atoms with E-state index in [1.54, 1.807) is 29.9 Å². The summed E-state index contributed by atoms with van der Waals surface area (Å²) in [6, 6.07) is 3.65. The van der Waals surface area contributed by atoms with Crippen LogP contribution in [0.1, 0.15) is 23.2 Å². The Morgan fingerprint density at radius 2 is 1.70 bits per heavy atom. The van der Waals surface area contributed by atoms with Gasteiger partial charge in [-0.25, -0.2) is 4.79 Å². The summed E-state index contributed by atoms with van der Waals surface area (Å²) in [6.45, 7) is 0.638. The molecule has 0 saturated carbocycles. The number of ether oxygens (including phenoxy) is 1. The first-order valence-corrected chi connectivity index (χ1v) is 8.86. The molecule has 1 aromatic carbocycles. The standard InChI is InChI=1S/C19H21F6N3O2/c1-27-6-3-5-16(27)12-28(7-4-8-30-2)17(29)26-15-10-13(18(20,21)22)9-14(11-15)19(23,24)25/h3,5-6,9-11H,4,7-8,12H2,1-2H3,(H,26,29). The highest BCUT2D eigenvalue weighted by Gasteiger charge is 2.37. The molecule has 1 aromatic heterocycles.